The third-order valence-corrected chi connectivity index (χ3v) is 5.60. The zero-order valence-corrected chi connectivity index (χ0v) is 22.2. The summed E-state index contributed by atoms with van der Waals surface area (Å²) in [4.78, 5) is 8.91. The van der Waals surface area contributed by atoms with Crippen LogP contribution in [0.1, 0.15) is 28.3 Å². The maximum absolute atomic E-state index is 4.64. The van der Waals surface area contributed by atoms with Gasteiger partial charge < -0.3 is 15.2 Å². The van der Waals surface area contributed by atoms with E-state index in [4.69, 9.17) is 0 Å². The van der Waals surface area contributed by atoms with Crippen LogP contribution in [0.4, 0.5) is 0 Å². The highest BCUT2D eigenvalue weighted by Crippen LogP contribution is 2.17. The summed E-state index contributed by atoms with van der Waals surface area (Å²) in [5.74, 6) is 1.72. The molecule has 0 unspecified atom stereocenters. The van der Waals surface area contributed by atoms with Gasteiger partial charge in [-0.3, -0.25) is 4.99 Å². The fourth-order valence-corrected chi connectivity index (χ4v) is 3.91. The number of nitrogens with zero attached hydrogens (tertiary/aromatic N) is 5. The number of guanidine groups is 1. The van der Waals surface area contributed by atoms with Crippen LogP contribution in [-0.4, -0.2) is 32.3 Å². The molecule has 0 aliphatic heterocycles. The van der Waals surface area contributed by atoms with E-state index in [0.717, 1.165) is 47.4 Å². The van der Waals surface area contributed by atoms with Crippen LogP contribution in [0.15, 0.2) is 78.0 Å². The van der Waals surface area contributed by atoms with Crippen LogP contribution in [0.2, 0.25) is 0 Å². The Morgan fingerprint density at radius 2 is 1.71 bits per heavy atom. The first-order valence-corrected chi connectivity index (χ1v) is 11.2. The minimum absolute atomic E-state index is 0. The molecule has 0 spiro atoms. The van der Waals surface area contributed by atoms with Crippen molar-refractivity contribution < 1.29 is 0 Å². The molecule has 0 fully saturated rings. The third kappa shape index (κ3) is 6.47. The number of para-hydroxylation sites is 1. The molecule has 0 aliphatic carbocycles. The molecule has 2 aromatic heterocycles. The summed E-state index contributed by atoms with van der Waals surface area (Å²) in [6, 6.07) is 20.9. The van der Waals surface area contributed by atoms with Crippen LogP contribution in [0, 0.1) is 13.8 Å². The highest BCUT2D eigenvalue weighted by Gasteiger charge is 2.10. The molecule has 4 aromatic rings. The van der Waals surface area contributed by atoms with Crippen LogP contribution in [0.25, 0.3) is 5.69 Å². The SMILES string of the molecule is CN=C(NCc1ccccc1-n1nc(C)cc1C)NCc1nccn1CCc1ccccc1.I. The second-order valence-electron chi connectivity index (χ2n) is 8.02. The summed E-state index contributed by atoms with van der Waals surface area (Å²) in [5.41, 5.74) is 5.67. The highest BCUT2D eigenvalue weighted by molar-refractivity contribution is 14.0. The van der Waals surface area contributed by atoms with Gasteiger partial charge in [-0.05, 0) is 43.5 Å². The zero-order valence-electron chi connectivity index (χ0n) is 19.9. The van der Waals surface area contributed by atoms with Gasteiger partial charge in [0.2, 0.25) is 0 Å². The largest absolute Gasteiger partial charge is 0.352 e. The minimum atomic E-state index is 0. The van der Waals surface area contributed by atoms with Gasteiger partial charge in [0.25, 0.3) is 0 Å². The van der Waals surface area contributed by atoms with Gasteiger partial charge in [0.1, 0.15) is 5.82 Å². The first kappa shape index (κ1) is 25.5. The Kier molecular flexibility index (Phi) is 9.26. The summed E-state index contributed by atoms with van der Waals surface area (Å²) >= 11 is 0. The number of hydrogen-bond acceptors (Lipinski definition) is 3. The molecular weight excluding hydrogens is 537 g/mol. The van der Waals surface area contributed by atoms with Crippen molar-refractivity contribution in [3.8, 4) is 5.69 Å². The predicted molar refractivity (Wildman–Crippen MR) is 148 cm³/mol. The van der Waals surface area contributed by atoms with E-state index in [2.05, 4.69) is 79.7 Å². The normalized spacial score (nSPS) is 11.2. The quantitative estimate of drug-likeness (QED) is 0.187. The topological polar surface area (TPSA) is 72.1 Å². The van der Waals surface area contributed by atoms with Crippen molar-refractivity contribution in [2.75, 3.05) is 7.05 Å². The summed E-state index contributed by atoms with van der Waals surface area (Å²) in [7, 11) is 1.78. The molecule has 34 heavy (non-hydrogen) atoms. The molecule has 7 nitrogen and oxygen atoms in total. The molecule has 8 heteroatoms. The summed E-state index contributed by atoms with van der Waals surface area (Å²) < 4.78 is 4.18. The number of hydrogen-bond donors (Lipinski definition) is 2. The first-order chi connectivity index (χ1) is 16.1. The lowest BCUT2D eigenvalue weighted by Crippen LogP contribution is -2.37. The van der Waals surface area contributed by atoms with E-state index < -0.39 is 0 Å². The van der Waals surface area contributed by atoms with Crippen molar-refractivity contribution in [1.82, 2.24) is 30.0 Å². The van der Waals surface area contributed by atoms with Gasteiger partial charge in [-0.1, -0.05) is 48.5 Å². The molecule has 0 radical (unpaired) electrons. The molecular formula is C26H32IN7. The van der Waals surface area contributed by atoms with Crippen LogP contribution in [0.3, 0.4) is 0 Å². The van der Waals surface area contributed by atoms with Crippen LogP contribution >= 0.6 is 24.0 Å². The second kappa shape index (κ2) is 12.4. The number of nitrogens with one attached hydrogen (secondary N) is 2. The van der Waals surface area contributed by atoms with Crippen LogP contribution < -0.4 is 10.6 Å². The molecule has 0 saturated heterocycles. The van der Waals surface area contributed by atoms with Crippen LogP contribution in [0.5, 0.6) is 0 Å². The molecule has 0 amide bonds. The van der Waals surface area contributed by atoms with Gasteiger partial charge in [-0.15, -0.1) is 24.0 Å². The molecule has 0 bridgehead atoms. The lowest BCUT2D eigenvalue weighted by atomic mass is 10.1. The van der Waals surface area contributed by atoms with E-state index >= 15 is 0 Å². The molecule has 0 aliphatic rings. The van der Waals surface area contributed by atoms with E-state index in [1.807, 2.05) is 42.2 Å². The van der Waals surface area contributed by atoms with Crippen molar-refractivity contribution in [3.05, 3.63) is 101 Å². The van der Waals surface area contributed by atoms with Crippen molar-refractivity contribution in [1.29, 1.82) is 0 Å². The summed E-state index contributed by atoms with van der Waals surface area (Å²) in [5, 5.41) is 11.5. The average molecular weight is 569 g/mol. The zero-order chi connectivity index (χ0) is 23.0. The van der Waals surface area contributed by atoms with E-state index in [9.17, 15) is 0 Å². The number of rotatable bonds is 8. The molecule has 2 heterocycles. The Morgan fingerprint density at radius 1 is 0.971 bits per heavy atom. The number of aryl methyl sites for hydroxylation is 4. The molecule has 2 aromatic carbocycles. The van der Waals surface area contributed by atoms with Crippen molar-refractivity contribution >= 4 is 29.9 Å². The Balaban J connectivity index is 0.00000324. The van der Waals surface area contributed by atoms with E-state index in [1.54, 1.807) is 7.05 Å². The van der Waals surface area contributed by atoms with E-state index in [1.165, 1.54) is 5.56 Å². The van der Waals surface area contributed by atoms with Gasteiger partial charge in [-0.2, -0.15) is 5.10 Å². The van der Waals surface area contributed by atoms with Gasteiger partial charge in [-0.25, -0.2) is 9.67 Å². The van der Waals surface area contributed by atoms with Gasteiger partial charge in [0, 0.05) is 38.2 Å². The Morgan fingerprint density at radius 3 is 2.44 bits per heavy atom. The molecule has 178 valence electrons. The number of aliphatic imine (C=N–C) groups is 1. The molecule has 2 N–H and O–H groups in total. The summed E-state index contributed by atoms with van der Waals surface area (Å²) in [6.07, 6.45) is 4.85. The number of halogens is 1. The maximum atomic E-state index is 4.64. The number of benzene rings is 2. The highest BCUT2D eigenvalue weighted by atomic mass is 127. The fourth-order valence-electron chi connectivity index (χ4n) is 3.91. The fraction of sp³-hybridized carbons (Fsp3) is 0.269. The average Bonchev–Trinajstić information content (AvgIpc) is 3.43. The van der Waals surface area contributed by atoms with Gasteiger partial charge >= 0.3 is 0 Å². The molecule has 4 rings (SSSR count). The standard InChI is InChI=1S/C26H31N7.HI/c1-20-17-21(2)33(31-20)24-12-8-7-11-23(24)18-29-26(27-3)30-19-25-28-14-16-32(25)15-13-22-9-5-4-6-10-22;/h4-12,14,16-17H,13,15,18-19H2,1-3H3,(H2,27,29,30);1H. The Labute approximate surface area is 218 Å². The van der Waals surface area contributed by atoms with E-state index in [0.29, 0.717) is 13.1 Å². The molecule has 0 atom stereocenters. The lowest BCUT2D eigenvalue weighted by Gasteiger charge is -2.15. The summed E-state index contributed by atoms with van der Waals surface area (Å²) in [6.45, 7) is 6.21. The van der Waals surface area contributed by atoms with Gasteiger partial charge in [0.05, 0.1) is 17.9 Å². The van der Waals surface area contributed by atoms with Crippen molar-refractivity contribution in [2.45, 2.75) is 39.9 Å². The number of aromatic nitrogens is 4. The maximum Gasteiger partial charge on any atom is 0.191 e. The second-order valence-corrected chi connectivity index (χ2v) is 8.02. The Bertz CT molecular complexity index is 1210. The van der Waals surface area contributed by atoms with E-state index in [-0.39, 0.29) is 24.0 Å². The monoisotopic (exact) mass is 569 g/mol. The number of imidazole rings is 1. The minimum Gasteiger partial charge on any atom is -0.352 e. The Hall–Kier alpha value is -3.14. The first-order valence-electron chi connectivity index (χ1n) is 11.2. The van der Waals surface area contributed by atoms with Crippen molar-refractivity contribution in [3.63, 3.8) is 0 Å². The molecule has 0 saturated carbocycles. The van der Waals surface area contributed by atoms with Crippen molar-refractivity contribution in [2.24, 2.45) is 4.99 Å². The third-order valence-electron chi connectivity index (χ3n) is 5.60. The van der Waals surface area contributed by atoms with Gasteiger partial charge in [0.15, 0.2) is 5.96 Å². The lowest BCUT2D eigenvalue weighted by molar-refractivity contribution is 0.634. The van der Waals surface area contributed by atoms with Crippen LogP contribution in [-0.2, 0) is 26.1 Å². The smallest absolute Gasteiger partial charge is 0.191 e. The predicted octanol–water partition coefficient (Wildman–Crippen LogP) is 4.41.